The molecule has 10 heteroatoms. The van der Waals surface area contributed by atoms with E-state index in [-0.39, 0.29) is 30.2 Å². The summed E-state index contributed by atoms with van der Waals surface area (Å²) in [6.07, 6.45) is -3.70. The number of aromatic nitrogens is 1. The fourth-order valence-corrected chi connectivity index (χ4v) is 3.93. The SMILES string of the molecule is Cc1cc(NC(=O)CN2CCN(C(=O)C3CC3c3ccc(C(F)(F)F)cc3)CC2)no1. The largest absolute Gasteiger partial charge is 0.416 e. The molecule has 1 aromatic heterocycles. The number of alkyl halides is 3. The molecule has 2 amide bonds. The fourth-order valence-electron chi connectivity index (χ4n) is 3.93. The van der Waals surface area contributed by atoms with E-state index in [4.69, 9.17) is 4.52 Å². The second-order valence-corrected chi connectivity index (χ2v) is 8.04. The zero-order chi connectivity index (χ0) is 22.2. The molecule has 166 valence electrons. The Labute approximate surface area is 177 Å². The highest BCUT2D eigenvalue weighted by Crippen LogP contribution is 2.49. The minimum atomic E-state index is -4.36. The number of piperazine rings is 1. The average molecular weight is 436 g/mol. The molecule has 4 rings (SSSR count). The second-order valence-electron chi connectivity index (χ2n) is 8.04. The van der Waals surface area contributed by atoms with E-state index in [2.05, 4.69) is 10.5 Å². The van der Waals surface area contributed by atoms with Crippen LogP contribution in [0.4, 0.5) is 19.0 Å². The summed E-state index contributed by atoms with van der Waals surface area (Å²) in [7, 11) is 0. The summed E-state index contributed by atoms with van der Waals surface area (Å²) in [5.41, 5.74) is 0.0865. The molecular weight excluding hydrogens is 413 g/mol. The molecule has 1 aliphatic heterocycles. The first kappa shape index (κ1) is 21.4. The van der Waals surface area contributed by atoms with Gasteiger partial charge in [-0.2, -0.15) is 13.2 Å². The minimum absolute atomic E-state index is 0.0236. The molecule has 0 bridgehead atoms. The summed E-state index contributed by atoms with van der Waals surface area (Å²) in [6.45, 7) is 4.13. The smallest absolute Gasteiger partial charge is 0.360 e. The van der Waals surface area contributed by atoms with Crippen LogP contribution in [0.5, 0.6) is 0 Å². The van der Waals surface area contributed by atoms with Crippen LogP contribution in [0.1, 0.15) is 29.2 Å². The Morgan fingerprint density at radius 1 is 1.16 bits per heavy atom. The molecule has 2 atom stereocenters. The zero-order valence-corrected chi connectivity index (χ0v) is 17.0. The zero-order valence-electron chi connectivity index (χ0n) is 17.0. The van der Waals surface area contributed by atoms with Gasteiger partial charge in [0.05, 0.1) is 12.1 Å². The van der Waals surface area contributed by atoms with Gasteiger partial charge < -0.3 is 14.7 Å². The lowest BCUT2D eigenvalue weighted by atomic mass is 10.1. The van der Waals surface area contributed by atoms with Crippen LogP contribution in [0.2, 0.25) is 0 Å². The van der Waals surface area contributed by atoms with E-state index < -0.39 is 11.7 Å². The van der Waals surface area contributed by atoms with Crippen LogP contribution in [-0.2, 0) is 15.8 Å². The van der Waals surface area contributed by atoms with Crippen molar-refractivity contribution >= 4 is 17.6 Å². The van der Waals surface area contributed by atoms with Crippen molar-refractivity contribution in [3.63, 3.8) is 0 Å². The van der Waals surface area contributed by atoms with Crippen LogP contribution in [0.3, 0.4) is 0 Å². The molecule has 31 heavy (non-hydrogen) atoms. The number of nitrogens with zero attached hydrogens (tertiary/aromatic N) is 3. The standard InChI is InChI=1S/C21H23F3N4O3/c1-13-10-18(26-31-13)25-19(29)12-27-6-8-28(9-7-27)20(30)17-11-16(17)14-2-4-15(5-3-14)21(22,23)24/h2-5,10,16-17H,6-9,11-12H2,1H3,(H,25,26,29). The predicted octanol–water partition coefficient (Wildman–Crippen LogP) is 2.89. The van der Waals surface area contributed by atoms with Crippen molar-refractivity contribution in [2.45, 2.75) is 25.4 Å². The third-order valence-electron chi connectivity index (χ3n) is 5.72. The summed E-state index contributed by atoms with van der Waals surface area (Å²) in [6, 6.07) is 6.71. The first-order chi connectivity index (χ1) is 14.7. The maximum absolute atomic E-state index is 12.8. The summed E-state index contributed by atoms with van der Waals surface area (Å²) in [4.78, 5) is 28.6. The van der Waals surface area contributed by atoms with Gasteiger partial charge in [-0.05, 0) is 37.0 Å². The van der Waals surface area contributed by atoms with Gasteiger partial charge in [-0.15, -0.1) is 0 Å². The number of benzene rings is 1. The lowest BCUT2D eigenvalue weighted by Crippen LogP contribution is -2.51. The Bertz CT molecular complexity index is 950. The first-order valence-corrected chi connectivity index (χ1v) is 10.1. The van der Waals surface area contributed by atoms with Crippen LogP contribution in [0.25, 0.3) is 0 Å². The van der Waals surface area contributed by atoms with Gasteiger partial charge in [0, 0.05) is 38.2 Å². The van der Waals surface area contributed by atoms with Crippen molar-refractivity contribution in [1.82, 2.24) is 15.0 Å². The van der Waals surface area contributed by atoms with E-state index in [1.54, 1.807) is 17.9 Å². The average Bonchev–Trinajstić information content (AvgIpc) is 3.43. The van der Waals surface area contributed by atoms with Crippen molar-refractivity contribution in [2.24, 2.45) is 5.92 Å². The van der Waals surface area contributed by atoms with Gasteiger partial charge in [-0.25, -0.2) is 0 Å². The molecule has 7 nitrogen and oxygen atoms in total. The highest BCUT2D eigenvalue weighted by atomic mass is 19.4. The Balaban J connectivity index is 1.23. The summed E-state index contributed by atoms with van der Waals surface area (Å²) >= 11 is 0. The first-order valence-electron chi connectivity index (χ1n) is 10.1. The van der Waals surface area contributed by atoms with Crippen molar-refractivity contribution in [3.8, 4) is 0 Å². The second kappa shape index (κ2) is 8.33. The third kappa shape index (κ3) is 5.07. The van der Waals surface area contributed by atoms with Crippen LogP contribution >= 0.6 is 0 Å². The van der Waals surface area contributed by atoms with E-state index in [1.165, 1.54) is 12.1 Å². The predicted molar refractivity (Wildman–Crippen MR) is 105 cm³/mol. The van der Waals surface area contributed by atoms with Crippen LogP contribution in [-0.4, -0.2) is 59.5 Å². The Morgan fingerprint density at radius 2 is 1.84 bits per heavy atom. The number of aryl methyl sites for hydroxylation is 1. The Kier molecular flexibility index (Phi) is 5.74. The van der Waals surface area contributed by atoms with E-state index in [9.17, 15) is 22.8 Å². The number of anilines is 1. The summed E-state index contributed by atoms with van der Waals surface area (Å²) in [5.74, 6) is 0.618. The molecule has 0 spiro atoms. The van der Waals surface area contributed by atoms with Crippen LogP contribution in [0.15, 0.2) is 34.9 Å². The Hall–Kier alpha value is -2.88. The van der Waals surface area contributed by atoms with Gasteiger partial charge in [0.15, 0.2) is 5.82 Å². The van der Waals surface area contributed by atoms with Crippen molar-refractivity contribution in [3.05, 3.63) is 47.2 Å². The number of nitrogens with one attached hydrogen (secondary N) is 1. The lowest BCUT2D eigenvalue weighted by Gasteiger charge is -2.34. The van der Waals surface area contributed by atoms with Gasteiger partial charge in [0.25, 0.3) is 0 Å². The molecule has 2 aliphatic rings. The normalized spacial score (nSPS) is 21.7. The van der Waals surface area contributed by atoms with Crippen molar-refractivity contribution in [1.29, 1.82) is 0 Å². The Morgan fingerprint density at radius 3 is 2.42 bits per heavy atom. The molecule has 1 saturated heterocycles. The van der Waals surface area contributed by atoms with Gasteiger partial charge >= 0.3 is 6.18 Å². The minimum Gasteiger partial charge on any atom is -0.360 e. The molecule has 1 saturated carbocycles. The highest BCUT2D eigenvalue weighted by Gasteiger charge is 2.46. The van der Waals surface area contributed by atoms with Crippen molar-refractivity contribution < 1.29 is 27.3 Å². The fraction of sp³-hybridized carbons (Fsp3) is 0.476. The number of amides is 2. The molecule has 2 aromatic rings. The summed E-state index contributed by atoms with van der Waals surface area (Å²) in [5, 5.41) is 6.40. The van der Waals surface area contributed by atoms with Gasteiger partial charge in [0.2, 0.25) is 11.8 Å². The lowest BCUT2D eigenvalue weighted by molar-refractivity contribution is -0.137. The number of hydrogen-bond donors (Lipinski definition) is 1. The van der Waals surface area contributed by atoms with Gasteiger partial charge in [-0.3, -0.25) is 14.5 Å². The van der Waals surface area contributed by atoms with E-state index >= 15 is 0 Å². The molecule has 1 aromatic carbocycles. The molecule has 2 fully saturated rings. The van der Waals surface area contributed by atoms with Gasteiger partial charge in [0.1, 0.15) is 5.76 Å². The highest BCUT2D eigenvalue weighted by molar-refractivity contribution is 5.91. The molecule has 2 unspecified atom stereocenters. The molecule has 1 aliphatic carbocycles. The summed E-state index contributed by atoms with van der Waals surface area (Å²) < 4.78 is 43.0. The quantitative estimate of drug-likeness (QED) is 0.780. The van der Waals surface area contributed by atoms with E-state index in [0.29, 0.717) is 44.2 Å². The molecule has 1 N–H and O–H groups in total. The monoisotopic (exact) mass is 436 g/mol. The molecular formula is C21H23F3N4O3. The third-order valence-corrected chi connectivity index (χ3v) is 5.72. The number of rotatable bonds is 5. The van der Waals surface area contributed by atoms with E-state index in [0.717, 1.165) is 17.7 Å². The maximum Gasteiger partial charge on any atom is 0.416 e. The number of carbonyl (C=O) groups is 2. The topological polar surface area (TPSA) is 78.7 Å². The van der Waals surface area contributed by atoms with Crippen molar-refractivity contribution in [2.75, 3.05) is 38.0 Å². The van der Waals surface area contributed by atoms with E-state index in [1.807, 2.05) is 4.90 Å². The molecule has 0 radical (unpaired) electrons. The van der Waals surface area contributed by atoms with Gasteiger partial charge in [-0.1, -0.05) is 17.3 Å². The van der Waals surface area contributed by atoms with Crippen LogP contribution in [0, 0.1) is 12.8 Å². The van der Waals surface area contributed by atoms with Crippen LogP contribution < -0.4 is 5.32 Å². The maximum atomic E-state index is 12.8. The number of hydrogen-bond acceptors (Lipinski definition) is 5. The molecule has 2 heterocycles. The number of halogens is 3. The number of carbonyl (C=O) groups excluding carboxylic acids is 2.